The second-order valence-electron chi connectivity index (χ2n) is 6.24. The third kappa shape index (κ3) is 4.85. The van der Waals surface area contributed by atoms with Crippen molar-refractivity contribution in [3.8, 4) is 5.75 Å². The van der Waals surface area contributed by atoms with Gasteiger partial charge in [0, 0.05) is 7.05 Å². The average molecular weight is 417 g/mol. The fourth-order valence-corrected chi connectivity index (χ4v) is 3.52. The summed E-state index contributed by atoms with van der Waals surface area (Å²) in [4.78, 5) is 12.2. The molecule has 0 bridgehead atoms. The second-order valence-corrected chi connectivity index (χ2v) is 7.59. The summed E-state index contributed by atoms with van der Waals surface area (Å²) in [5, 5.41) is 12.4. The van der Waals surface area contributed by atoms with Gasteiger partial charge >= 0.3 is 0 Å². The van der Waals surface area contributed by atoms with Gasteiger partial charge in [-0.25, -0.2) is 0 Å². The summed E-state index contributed by atoms with van der Waals surface area (Å²) in [6.07, 6.45) is -0.273. The number of ether oxygens (including phenoxy) is 1. The maximum atomic E-state index is 12.2. The Morgan fingerprint density at radius 3 is 2.68 bits per heavy atom. The van der Waals surface area contributed by atoms with Crippen LogP contribution < -0.4 is 10.1 Å². The van der Waals surface area contributed by atoms with Gasteiger partial charge in [0.25, 0.3) is 0 Å². The molecule has 3 aromatic rings. The summed E-state index contributed by atoms with van der Waals surface area (Å²) in [6, 6.07) is 15.0. The van der Waals surface area contributed by atoms with Crippen LogP contribution in [-0.4, -0.2) is 26.4 Å². The average Bonchev–Trinajstić information content (AvgIpc) is 3.04. The molecule has 146 valence electrons. The van der Waals surface area contributed by atoms with Crippen molar-refractivity contribution in [3.63, 3.8) is 0 Å². The van der Waals surface area contributed by atoms with E-state index in [4.69, 9.17) is 16.3 Å². The number of aromatic nitrogens is 3. The predicted octanol–water partition coefficient (Wildman–Crippen LogP) is 4.65. The van der Waals surface area contributed by atoms with E-state index in [9.17, 15) is 4.79 Å². The molecular weight excluding hydrogens is 396 g/mol. The third-order valence-corrected chi connectivity index (χ3v) is 5.46. The van der Waals surface area contributed by atoms with Crippen LogP contribution in [0, 0.1) is 6.92 Å². The quantitative estimate of drug-likeness (QED) is 0.568. The first-order valence-corrected chi connectivity index (χ1v) is 10.1. The van der Waals surface area contributed by atoms with Crippen LogP contribution in [0.4, 0.5) is 5.69 Å². The van der Waals surface area contributed by atoms with E-state index in [0.717, 1.165) is 11.3 Å². The van der Waals surface area contributed by atoms with Gasteiger partial charge in [0.2, 0.25) is 5.91 Å². The number of amides is 1. The van der Waals surface area contributed by atoms with Gasteiger partial charge in [0.1, 0.15) is 5.75 Å². The van der Waals surface area contributed by atoms with E-state index in [1.54, 1.807) is 12.1 Å². The minimum atomic E-state index is -0.273. The van der Waals surface area contributed by atoms with Crippen LogP contribution in [0.1, 0.15) is 24.4 Å². The Kier molecular flexibility index (Phi) is 6.59. The van der Waals surface area contributed by atoms with Crippen LogP contribution in [-0.2, 0) is 11.8 Å². The number of carbonyl (C=O) groups is 1. The first-order chi connectivity index (χ1) is 13.5. The highest BCUT2D eigenvalue weighted by Gasteiger charge is 2.18. The topological polar surface area (TPSA) is 69.0 Å². The molecule has 8 heteroatoms. The van der Waals surface area contributed by atoms with Gasteiger partial charge in [-0.05, 0) is 37.6 Å². The van der Waals surface area contributed by atoms with Crippen molar-refractivity contribution in [3.05, 3.63) is 64.9 Å². The van der Waals surface area contributed by atoms with Crippen LogP contribution in [0.2, 0.25) is 5.02 Å². The SMILES string of the molecule is Cc1ccccc1OC(C)c1nnc(SCC(=O)Nc2ccccc2Cl)n1C. The normalized spacial score (nSPS) is 11.9. The Morgan fingerprint density at radius 2 is 1.93 bits per heavy atom. The monoisotopic (exact) mass is 416 g/mol. The Hall–Kier alpha value is -2.51. The number of hydrogen-bond donors (Lipinski definition) is 1. The molecule has 0 saturated heterocycles. The van der Waals surface area contributed by atoms with Crippen molar-refractivity contribution in [1.82, 2.24) is 14.8 Å². The lowest BCUT2D eigenvalue weighted by Crippen LogP contribution is -2.15. The zero-order valence-corrected chi connectivity index (χ0v) is 17.4. The molecule has 6 nitrogen and oxygen atoms in total. The van der Waals surface area contributed by atoms with E-state index in [1.165, 1.54) is 11.8 Å². The molecule has 28 heavy (non-hydrogen) atoms. The van der Waals surface area contributed by atoms with Crippen molar-refractivity contribution in [2.45, 2.75) is 25.1 Å². The first kappa shape index (κ1) is 20.2. The van der Waals surface area contributed by atoms with Gasteiger partial charge in [-0.2, -0.15) is 0 Å². The van der Waals surface area contributed by atoms with Gasteiger partial charge < -0.3 is 14.6 Å². The van der Waals surface area contributed by atoms with Crippen molar-refractivity contribution < 1.29 is 9.53 Å². The summed E-state index contributed by atoms with van der Waals surface area (Å²) in [5.41, 5.74) is 1.65. The molecule has 0 aliphatic heterocycles. The van der Waals surface area contributed by atoms with E-state index >= 15 is 0 Å². The minimum Gasteiger partial charge on any atom is -0.482 e. The fourth-order valence-electron chi connectivity index (χ4n) is 2.62. The van der Waals surface area contributed by atoms with Crippen molar-refractivity contribution in [2.75, 3.05) is 11.1 Å². The number of para-hydroxylation sites is 2. The molecule has 1 unspecified atom stereocenters. The molecule has 1 N–H and O–H groups in total. The molecular formula is C20H21ClN4O2S. The Labute approximate surface area is 173 Å². The third-order valence-electron chi connectivity index (χ3n) is 4.11. The molecule has 1 atom stereocenters. The second kappa shape index (κ2) is 9.12. The maximum Gasteiger partial charge on any atom is 0.234 e. The lowest BCUT2D eigenvalue weighted by molar-refractivity contribution is -0.113. The summed E-state index contributed by atoms with van der Waals surface area (Å²) in [5.74, 6) is 1.54. The highest BCUT2D eigenvalue weighted by atomic mass is 35.5. The Morgan fingerprint density at radius 1 is 1.21 bits per heavy atom. The maximum absolute atomic E-state index is 12.2. The number of thioether (sulfide) groups is 1. The van der Waals surface area contributed by atoms with E-state index in [-0.39, 0.29) is 17.8 Å². The van der Waals surface area contributed by atoms with Crippen LogP contribution in [0.15, 0.2) is 53.7 Å². The predicted molar refractivity (Wildman–Crippen MR) is 112 cm³/mol. The number of hydrogen-bond acceptors (Lipinski definition) is 5. The molecule has 0 saturated carbocycles. The van der Waals surface area contributed by atoms with E-state index in [1.807, 2.05) is 61.9 Å². The Balaban J connectivity index is 1.60. The lowest BCUT2D eigenvalue weighted by Gasteiger charge is -2.15. The molecule has 0 radical (unpaired) electrons. The number of carbonyl (C=O) groups excluding carboxylic acids is 1. The summed E-state index contributed by atoms with van der Waals surface area (Å²) in [6.45, 7) is 3.92. The molecule has 3 rings (SSSR count). The Bertz CT molecular complexity index is 976. The number of benzene rings is 2. The lowest BCUT2D eigenvalue weighted by atomic mass is 10.2. The molecule has 1 aromatic heterocycles. The zero-order chi connectivity index (χ0) is 20.1. The van der Waals surface area contributed by atoms with Gasteiger partial charge in [0.15, 0.2) is 17.1 Å². The number of halogens is 1. The largest absolute Gasteiger partial charge is 0.482 e. The standard InChI is InChI=1S/C20H21ClN4O2S/c1-13-8-4-7-11-17(13)27-14(2)19-23-24-20(25(19)3)28-12-18(26)22-16-10-6-5-9-15(16)21/h4-11,14H,12H2,1-3H3,(H,22,26). The molecule has 0 aliphatic rings. The van der Waals surface area contributed by atoms with Gasteiger partial charge in [-0.15, -0.1) is 10.2 Å². The van der Waals surface area contributed by atoms with Crippen molar-refractivity contribution in [1.29, 1.82) is 0 Å². The van der Waals surface area contributed by atoms with Crippen molar-refractivity contribution in [2.24, 2.45) is 7.05 Å². The minimum absolute atomic E-state index is 0.160. The molecule has 0 aliphatic carbocycles. The number of aryl methyl sites for hydroxylation is 1. The number of nitrogens with zero attached hydrogens (tertiary/aromatic N) is 3. The number of nitrogens with one attached hydrogen (secondary N) is 1. The fraction of sp³-hybridized carbons (Fsp3) is 0.250. The van der Waals surface area contributed by atoms with Crippen LogP contribution in [0.25, 0.3) is 0 Å². The summed E-state index contributed by atoms with van der Waals surface area (Å²) in [7, 11) is 1.86. The smallest absolute Gasteiger partial charge is 0.234 e. The molecule has 2 aromatic carbocycles. The van der Waals surface area contributed by atoms with Crippen molar-refractivity contribution >= 4 is 35.0 Å². The highest BCUT2D eigenvalue weighted by molar-refractivity contribution is 7.99. The summed E-state index contributed by atoms with van der Waals surface area (Å²) < 4.78 is 7.86. The molecule has 0 spiro atoms. The van der Waals surface area contributed by atoms with Crippen LogP contribution in [0.3, 0.4) is 0 Å². The number of rotatable bonds is 7. The van der Waals surface area contributed by atoms with Crippen LogP contribution >= 0.6 is 23.4 Å². The van der Waals surface area contributed by atoms with Gasteiger partial charge in [0.05, 0.1) is 16.5 Å². The van der Waals surface area contributed by atoms with Gasteiger partial charge in [-0.1, -0.05) is 53.7 Å². The highest BCUT2D eigenvalue weighted by Crippen LogP contribution is 2.26. The summed E-state index contributed by atoms with van der Waals surface area (Å²) >= 11 is 7.37. The number of anilines is 1. The molecule has 1 heterocycles. The van der Waals surface area contributed by atoms with E-state index < -0.39 is 0 Å². The van der Waals surface area contributed by atoms with E-state index in [2.05, 4.69) is 15.5 Å². The molecule has 1 amide bonds. The zero-order valence-electron chi connectivity index (χ0n) is 15.8. The van der Waals surface area contributed by atoms with Crippen LogP contribution in [0.5, 0.6) is 5.75 Å². The van der Waals surface area contributed by atoms with E-state index in [0.29, 0.717) is 21.7 Å². The van der Waals surface area contributed by atoms with Gasteiger partial charge in [-0.3, -0.25) is 4.79 Å². The first-order valence-electron chi connectivity index (χ1n) is 8.74. The molecule has 0 fully saturated rings.